The fraction of sp³-hybridized carbons (Fsp3) is 0.318. The van der Waals surface area contributed by atoms with E-state index in [2.05, 4.69) is 70.2 Å². The van der Waals surface area contributed by atoms with Crippen molar-refractivity contribution in [2.45, 2.75) is 46.0 Å². The summed E-state index contributed by atoms with van der Waals surface area (Å²) in [4.78, 5) is 0. The van der Waals surface area contributed by atoms with E-state index in [1.807, 2.05) is 0 Å². The molecule has 0 bridgehead atoms. The van der Waals surface area contributed by atoms with E-state index in [-0.39, 0.29) is 5.41 Å². The molecule has 23 heavy (non-hydrogen) atoms. The lowest BCUT2D eigenvalue weighted by molar-refractivity contribution is 0.515. The van der Waals surface area contributed by atoms with E-state index in [1.165, 1.54) is 39.3 Å². The Kier molecular flexibility index (Phi) is 3.97. The Morgan fingerprint density at radius 2 is 1.83 bits per heavy atom. The van der Waals surface area contributed by atoms with E-state index in [4.69, 9.17) is 5.41 Å². The van der Waals surface area contributed by atoms with Gasteiger partial charge in [-0.2, -0.15) is 0 Å². The molecule has 1 aliphatic carbocycles. The molecule has 1 heteroatoms. The minimum atomic E-state index is 0.0198. The Hall–Kier alpha value is -2.15. The molecule has 0 heterocycles. The minimum Gasteiger partial charge on any atom is -0.308 e. The van der Waals surface area contributed by atoms with Crippen LogP contribution in [0.1, 0.15) is 51.7 Å². The van der Waals surface area contributed by atoms with Crippen LogP contribution in [0.3, 0.4) is 0 Å². The van der Waals surface area contributed by atoms with Gasteiger partial charge in [-0.25, -0.2) is 0 Å². The number of allylic oxidation sites excluding steroid dienone is 4. The largest absolute Gasteiger partial charge is 0.308 e. The molecule has 2 aromatic carbocycles. The molecule has 1 aliphatic rings. The normalized spacial score (nSPS) is 15.2. The number of nitrogens with one attached hydrogen (secondary N) is 1. The summed E-state index contributed by atoms with van der Waals surface area (Å²) in [5.41, 5.74) is 6.77. The fourth-order valence-corrected chi connectivity index (χ4v) is 3.74. The van der Waals surface area contributed by atoms with E-state index < -0.39 is 0 Å². The second kappa shape index (κ2) is 5.81. The van der Waals surface area contributed by atoms with Crippen molar-refractivity contribution in [2.75, 3.05) is 0 Å². The van der Waals surface area contributed by atoms with Crippen molar-refractivity contribution in [3.05, 3.63) is 70.3 Å². The summed E-state index contributed by atoms with van der Waals surface area (Å²) in [5, 5.41) is 10.3. The lowest BCUT2D eigenvalue weighted by Gasteiger charge is -2.29. The van der Waals surface area contributed by atoms with Crippen LogP contribution in [-0.4, -0.2) is 6.21 Å². The van der Waals surface area contributed by atoms with Gasteiger partial charge in [-0.15, -0.1) is 0 Å². The molecule has 3 rings (SSSR count). The van der Waals surface area contributed by atoms with E-state index >= 15 is 0 Å². The summed E-state index contributed by atoms with van der Waals surface area (Å²) >= 11 is 0. The van der Waals surface area contributed by atoms with Gasteiger partial charge in [0.2, 0.25) is 0 Å². The van der Waals surface area contributed by atoms with Gasteiger partial charge in [0, 0.05) is 11.8 Å². The fourth-order valence-electron chi connectivity index (χ4n) is 3.74. The number of hydrogen-bond donors (Lipinski definition) is 1. The molecule has 0 unspecified atom stereocenters. The van der Waals surface area contributed by atoms with Crippen LogP contribution in [0.2, 0.25) is 0 Å². The van der Waals surface area contributed by atoms with Crippen LogP contribution in [0.15, 0.2) is 59.2 Å². The molecule has 0 saturated heterocycles. The second-order valence-electron chi connectivity index (χ2n) is 7.27. The molecule has 0 saturated carbocycles. The van der Waals surface area contributed by atoms with E-state index in [1.54, 1.807) is 0 Å². The zero-order valence-electron chi connectivity index (χ0n) is 14.5. The molecule has 118 valence electrons. The van der Waals surface area contributed by atoms with Gasteiger partial charge in [0.15, 0.2) is 0 Å². The van der Waals surface area contributed by atoms with Gasteiger partial charge in [-0.05, 0) is 54.0 Å². The van der Waals surface area contributed by atoms with Crippen molar-refractivity contribution in [3.63, 3.8) is 0 Å². The van der Waals surface area contributed by atoms with Crippen LogP contribution >= 0.6 is 0 Å². The van der Waals surface area contributed by atoms with Gasteiger partial charge < -0.3 is 5.41 Å². The molecule has 0 radical (unpaired) electrons. The monoisotopic (exact) mass is 303 g/mol. The van der Waals surface area contributed by atoms with E-state index in [0.717, 1.165) is 18.4 Å². The molecule has 1 N–H and O–H groups in total. The Morgan fingerprint density at radius 1 is 1.09 bits per heavy atom. The predicted octanol–water partition coefficient (Wildman–Crippen LogP) is 6.17. The van der Waals surface area contributed by atoms with Crippen molar-refractivity contribution < 1.29 is 0 Å². The van der Waals surface area contributed by atoms with Crippen LogP contribution in [-0.2, 0) is 5.41 Å². The van der Waals surface area contributed by atoms with Crippen molar-refractivity contribution in [3.8, 4) is 0 Å². The molecular formula is C22H25N. The van der Waals surface area contributed by atoms with Gasteiger partial charge in [0.1, 0.15) is 0 Å². The first kappa shape index (κ1) is 15.7. The van der Waals surface area contributed by atoms with E-state index in [0.29, 0.717) is 0 Å². The van der Waals surface area contributed by atoms with Gasteiger partial charge >= 0.3 is 0 Å². The Balaban J connectivity index is 2.06. The maximum atomic E-state index is 7.96. The van der Waals surface area contributed by atoms with Crippen LogP contribution in [0.25, 0.3) is 10.8 Å². The summed E-state index contributed by atoms with van der Waals surface area (Å²) in [6.45, 7) is 9.05. The zero-order valence-corrected chi connectivity index (χ0v) is 14.5. The van der Waals surface area contributed by atoms with Crippen molar-refractivity contribution in [2.24, 2.45) is 0 Å². The maximum absolute atomic E-state index is 7.96. The molecule has 1 nitrogen and oxygen atoms in total. The van der Waals surface area contributed by atoms with Gasteiger partial charge in [0.05, 0.1) is 0 Å². The van der Waals surface area contributed by atoms with Crippen molar-refractivity contribution >= 4 is 17.0 Å². The SMILES string of the molecule is CC1=CCC(CC(C)(C)c2ccc3ccccc3c2C=N)=C1C. The number of fused-ring (bicyclic) bond motifs is 1. The van der Waals surface area contributed by atoms with Crippen molar-refractivity contribution in [1.29, 1.82) is 5.41 Å². The Morgan fingerprint density at radius 3 is 2.48 bits per heavy atom. The third-order valence-corrected chi connectivity index (χ3v) is 5.28. The van der Waals surface area contributed by atoms with Crippen LogP contribution < -0.4 is 0 Å². The highest BCUT2D eigenvalue weighted by Crippen LogP contribution is 2.39. The summed E-state index contributed by atoms with van der Waals surface area (Å²) in [5.74, 6) is 0. The Labute approximate surface area is 139 Å². The van der Waals surface area contributed by atoms with Crippen LogP contribution in [0, 0.1) is 5.41 Å². The predicted molar refractivity (Wildman–Crippen MR) is 101 cm³/mol. The van der Waals surface area contributed by atoms with E-state index in [9.17, 15) is 0 Å². The molecule has 0 aromatic heterocycles. The molecule has 0 spiro atoms. The van der Waals surface area contributed by atoms with Gasteiger partial charge in [-0.1, -0.05) is 67.5 Å². The highest BCUT2D eigenvalue weighted by atomic mass is 14.4. The van der Waals surface area contributed by atoms with Crippen molar-refractivity contribution in [1.82, 2.24) is 0 Å². The first-order valence-electron chi connectivity index (χ1n) is 8.32. The third kappa shape index (κ3) is 2.76. The number of hydrogen-bond acceptors (Lipinski definition) is 1. The molecular weight excluding hydrogens is 278 g/mol. The first-order valence-corrected chi connectivity index (χ1v) is 8.32. The summed E-state index contributed by atoms with van der Waals surface area (Å²) < 4.78 is 0. The highest BCUT2D eigenvalue weighted by Gasteiger charge is 2.27. The van der Waals surface area contributed by atoms with Crippen LogP contribution in [0.4, 0.5) is 0 Å². The zero-order chi connectivity index (χ0) is 16.6. The standard InChI is InChI=1S/C22H25N/c1-15-9-10-18(16(15)2)13-22(3,4)21-12-11-17-7-5-6-8-19(17)20(21)14-23/h5-9,11-12,14,23H,10,13H2,1-4H3. The van der Waals surface area contributed by atoms with Crippen LogP contribution in [0.5, 0.6) is 0 Å². The summed E-state index contributed by atoms with van der Waals surface area (Å²) in [7, 11) is 0. The number of rotatable bonds is 4. The lowest BCUT2D eigenvalue weighted by Crippen LogP contribution is -2.20. The minimum absolute atomic E-state index is 0.0198. The molecule has 0 fully saturated rings. The Bertz CT molecular complexity index is 834. The molecule has 2 aromatic rings. The molecule has 0 aliphatic heterocycles. The quantitative estimate of drug-likeness (QED) is 0.653. The third-order valence-electron chi connectivity index (χ3n) is 5.28. The average Bonchev–Trinajstić information content (AvgIpc) is 2.85. The summed E-state index contributed by atoms with van der Waals surface area (Å²) in [6.07, 6.45) is 5.98. The number of benzene rings is 2. The maximum Gasteiger partial charge on any atom is 0.0259 e. The first-order chi connectivity index (χ1) is 10.9. The molecule has 0 amide bonds. The highest BCUT2D eigenvalue weighted by molar-refractivity contribution is 6.00. The van der Waals surface area contributed by atoms with Gasteiger partial charge in [-0.3, -0.25) is 0 Å². The lowest BCUT2D eigenvalue weighted by atomic mass is 9.75. The summed E-state index contributed by atoms with van der Waals surface area (Å²) in [6, 6.07) is 12.8. The second-order valence-corrected chi connectivity index (χ2v) is 7.27. The smallest absolute Gasteiger partial charge is 0.0259 e. The van der Waals surface area contributed by atoms with Gasteiger partial charge in [0.25, 0.3) is 0 Å². The average molecular weight is 303 g/mol. The topological polar surface area (TPSA) is 23.9 Å². The molecule has 0 atom stereocenters.